The lowest BCUT2D eigenvalue weighted by Crippen LogP contribution is -2.05. The number of hydrogen-bond donors (Lipinski definition) is 0. The molecule has 0 atom stereocenters. The summed E-state index contributed by atoms with van der Waals surface area (Å²) in [5.74, 6) is 0. The summed E-state index contributed by atoms with van der Waals surface area (Å²) in [4.78, 5) is 18.4. The van der Waals surface area contributed by atoms with E-state index in [2.05, 4.69) is 42.2 Å². The fourth-order valence-electron chi connectivity index (χ4n) is 2.69. The van der Waals surface area contributed by atoms with Crippen molar-refractivity contribution in [3.63, 3.8) is 0 Å². The second-order valence-corrected chi connectivity index (χ2v) is 6.20. The van der Waals surface area contributed by atoms with Crippen LogP contribution in [0.1, 0.15) is 60.6 Å². The van der Waals surface area contributed by atoms with Gasteiger partial charge in [-0.25, -0.2) is 9.98 Å². The van der Waals surface area contributed by atoms with Crippen LogP contribution in [0, 0.1) is 0 Å². The minimum Gasteiger partial charge on any atom is -0.255 e. The van der Waals surface area contributed by atoms with Crippen molar-refractivity contribution in [2.45, 2.75) is 54.9 Å². The molecule has 0 radical (unpaired) electrons. The fourth-order valence-corrected chi connectivity index (χ4v) is 2.69. The van der Waals surface area contributed by atoms with Crippen molar-refractivity contribution >= 4 is 11.4 Å². The number of aromatic nitrogens is 2. The lowest BCUT2D eigenvalue weighted by Gasteiger charge is -2.06. The van der Waals surface area contributed by atoms with E-state index < -0.39 is 0 Å². The topological polar surface area (TPSA) is 50.5 Å². The molecule has 4 nitrogen and oxygen atoms in total. The second-order valence-electron chi connectivity index (χ2n) is 6.20. The van der Waals surface area contributed by atoms with Crippen molar-refractivity contribution in [1.82, 2.24) is 9.97 Å². The maximum absolute atomic E-state index is 4.84. The van der Waals surface area contributed by atoms with E-state index in [1.54, 1.807) is 30.6 Å². The monoisotopic (exact) mass is 456 g/mol. The highest BCUT2D eigenvalue weighted by molar-refractivity contribution is 6.14. The number of nitrogens with zero attached hydrogens (tertiary/aromatic N) is 4. The van der Waals surface area contributed by atoms with Crippen LogP contribution in [-0.4, -0.2) is 21.4 Å². The summed E-state index contributed by atoms with van der Waals surface area (Å²) in [5, 5.41) is 0. The van der Waals surface area contributed by atoms with Gasteiger partial charge in [0.05, 0.1) is 34.2 Å². The second kappa shape index (κ2) is 18.9. The van der Waals surface area contributed by atoms with Gasteiger partial charge in [-0.3, -0.25) is 9.98 Å². The van der Waals surface area contributed by atoms with E-state index in [1.165, 1.54) is 5.57 Å². The SMILES string of the molecule is C=C/C=C\N=C(C=C)C1=CCC(C)=CC(c2cccc(-c3ccccn3)n2)=N1.CC.CC.CC. The van der Waals surface area contributed by atoms with Gasteiger partial charge in [0.1, 0.15) is 0 Å². The van der Waals surface area contributed by atoms with Crippen molar-refractivity contribution in [3.8, 4) is 11.4 Å². The first kappa shape index (κ1) is 30.3. The highest BCUT2D eigenvalue weighted by Gasteiger charge is 2.12. The van der Waals surface area contributed by atoms with E-state index in [0.29, 0.717) is 5.71 Å². The van der Waals surface area contributed by atoms with Crippen molar-refractivity contribution in [2.75, 3.05) is 0 Å². The van der Waals surface area contributed by atoms with Gasteiger partial charge >= 0.3 is 0 Å². The van der Waals surface area contributed by atoms with E-state index in [1.807, 2.05) is 77.9 Å². The van der Waals surface area contributed by atoms with Gasteiger partial charge in [0.2, 0.25) is 0 Å². The third-order valence-electron chi connectivity index (χ3n) is 4.07. The van der Waals surface area contributed by atoms with Crippen LogP contribution in [-0.2, 0) is 0 Å². The average Bonchev–Trinajstić information content (AvgIpc) is 3.12. The van der Waals surface area contributed by atoms with Gasteiger partial charge in [0.15, 0.2) is 0 Å². The van der Waals surface area contributed by atoms with Crippen LogP contribution >= 0.6 is 0 Å². The van der Waals surface area contributed by atoms with E-state index >= 15 is 0 Å². The Balaban J connectivity index is 0.00000168. The Bertz CT molecular complexity index is 1020. The molecule has 0 bridgehead atoms. The molecule has 34 heavy (non-hydrogen) atoms. The van der Waals surface area contributed by atoms with Crippen LogP contribution in [0.3, 0.4) is 0 Å². The third-order valence-corrected chi connectivity index (χ3v) is 4.07. The van der Waals surface area contributed by atoms with Crippen LogP contribution in [0.25, 0.3) is 11.4 Å². The molecule has 0 fully saturated rings. The smallest absolute Gasteiger partial charge is 0.0894 e. The van der Waals surface area contributed by atoms with Crippen LogP contribution in [0.4, 0.5) is 0 Å². The summed E-state index contributed by atoms with van der Waals surface area (Å²) in [6.45, 7) is 21.6. The normalized spacial score (nSPS) is 12.7. The largest absolute Gasteiger partial charge is 0.255 e. The molecule has 0 saturated heterocycles. The first-order chi connectivity index (χ1) is 16.7. The summed E-state index contributed by atoms with van der Waals surface area (Å²) in [6.07, 6.45) is 13.5. The summed E-state index contributed by atoms with van der Waals surface area (Å²) < 4.78 is 0. The maximum Gasteiger partial charge on any atom is 0.0894 e. The van der Waals surface area contributed by atoms with Crippen molar-refractivity contribution < 1.29 is 0 Å². The highest BCUT2D eigenvalue weighted by atomic mass is 14.9. The first-order valence-electron chi connectivity index (χ1n) is 12.0. The molecule has 0 saturated carbocycles. The summed E-state index contributed by atoms with van der Waals surface area (Å²) in [6, 6.07) is 11.7. The van der Waals surface area contributed by atoms with Gasteiger partial charge in [-0.05, 0) is 55.8 Å². The van der Waals surface area contributed by atoms with Gasteiger partial charge in [0.25, 0.3) is 0 Å². The highest BCUT2D eigenvalue weighted by Crippen LogP contribution is 2.19. The number of aliphatic imine (C=N–C) groups is 2. The zero-order valence-electron chi connectivity index (χ0n) is 21.9. The lowest BCUT2D eigenvalue weighted by molar-refractivity contribution is 1.21. The quantitative estimate of drug-likeness (QED) is 0.323. The van der Waals surface area contributed by atoms with Crippen molar-refractivity contribution in [2.24, 2.45) is 9.98 Å². The van der Waals surface area contributed by atoms with Crippen LogP contribution in [0.5, 0.6) is 0 Å². The Hall–Kier alpha value is -3.66. The minimum atomic E-state index is 0.708. The molecule has 180 valence electrons. The molecule has 0 aromatic carbocycles. The Morgan fingerprint density at radius 2 is 1.59 bits per heavy atom. The standard InChI is InChI=1S/C24H22N4.3C2H6/c1-4-6-15-25-19(5-2)23-14-13-18(3)17-24(28-23)22-12-9-11-21(27-22)20-10-7-8-16-26-20;3*1-2/h4-12,14-17H,1-2,13H2,3H3;3*1-2H3/b15-6-,25-19?;;;. The van der Waals surface area contributed by atoms with E-state index in [-0.39, 0.29) is 0 Å². The maximum atomic E-state index is 4.84. The summed E-state index contributed by atoms with van der Waals surface area (Å²) in [7, 11) is 0. The number of hydrogen-bond acceptors (Lipinski definition) is 4. The molecule has 1 aliphatic heterocycles. The minimum absolute atomic E-state index is 0.708. The summed E-state index contributed by atoms with van der Waals surface area (Å²) in [5.41, 5.74) is 5.91. The van der Waals surface area contributed by atoms with Crippen LogP contribution in [0.15, 0.2) is 114 Å². The third kappa shape index (κ3) is 9.86. The Labute approximate surface area is 207 Å². The molecule has 0 amide bonds. The predicted molar refractivity (Wildman–Crippen MR) is 151 cm³/mol. The van der Waals surface area contributed by atoms with E-state index in [9.17, 15) is 0 Å². The molecule has 3 rings (SSSR count). The van der Waals surface area contributed by atoms with Gasteiger partial charge < -0.3 is 0 Å². The molecule has 1 aliphatic rings. The Kier molecular flexibility index (Phi) is 16.8. The molecule has 2 aromatic rings. The fraction of sp³-hybridized carbons (Fsp3) is 0.267. The van der Waals surface area contributed by atoms with Crippen molar-refractivity contribution in [1.29, 1.82) is 0 Å². The number of rotatable bonds is 6. The molecule has 4 heteroatoms. The zero-order chi connectivity index (χ0) is 25.8. The van der Waals surface area contributed by atoms with Crippen molar-refractivity contribution in [3.05, 3.63) is 109 Å². The van der Waals surface area contributed by atoms with E-state index in [4.69, 9.17) is 9.98 Å². The van der Waals surface area contributed by atoms with Gasteiger partial charge in [-0.1, -0.05) is 84.6 Å². The number of allylic oxidation sites excluding steroid dienone is 6. The van der Waals surface area contributed by atoms with Gasteiger partial charge in [0, 0.05) is 12.4 Å². The zero-order valence-corrected chi connectivity index (χ0v) is 21.9. The molecule has 0 unspecified atom stereocenters. The lowest BCUT2D eigenvalue weighted by atomic mass is 10.1. The Morgan fingerprint density at radius 1 is 0.912 bits per heavy atom. The van der Waals surface area contributed by atoms with Gasteiger partial charge in [-0.2, -0.15) is 0 Å². The molecule has 3 heterocycles. The first-order valence-corrected chi connectivity index (χ1v) is 12.0. The molecule has 0 spiro atoms. The van der Waals surface area contributed by atoms with Crippen LogP contribution < -0.4 is 0 Å². The molecule has 2 aromatic heterocycles. The van der Waals surface area contributed by atoms with Crippen LogP contribution in [0.2, 0.25) is 0 Å². The predicted octanol–water partition coefficient (Wildman–Crippen LogP) is 8.57. The molecule has 0 N–H and O–H groups in total. The number of pyridine rings is 2. The molecular weight excluding hydrogens is 416 g/mol. The molecular formula is C30H40N4. The van der Waals surface area contributed by atoms with Gasteiger partial charge in [-0.15, -0.1) is 0 Å². The molecule has 0 aliphatic carbocycles. The summed E-state index contributed by atoms with van der Waals surface area (Å²) >= 11 is 0. The van der Waals surface area contributed by atoms with E-state index in [0.717, 1.165) is 34.9 Å². The average molecular weight is 457 g/mol. The Morgan fingerprint density at radius 3 is 2.21 bits per heavy atom.